The van der Waals surface area contributed by atoms with Crippen molar-refractivity contribution in [2.24, 2.45) is 11.3 Å². The Morgan fingerprint density at radius 1 is 1.25 bits per heavy atom. The number of nitrogen functional groups attached to an aromatic ring is 1. The summed E-state index contributed by atoms with van der Waals surface area (Å²) >= 11 is 6.10. The molecule has 0 amide bonds. The maximum absolute atomic E-state index is 6.10. The van der Waals surface area contributed by atoms with Gasteiger partial charge in [-0.2, -0.15) is 0 Å². The van der Waals surface area contributed by atoms with Crippen LogP contribution in [0, 0.1) is 11.3 Å². The molecule has 112 valence electrons. The van der Waals surface area contributed by atoms with Crippen LogP contribution in [-0.4, -0.2) is 18.0 Å². The molecule has 1 aliphatic rings. The van der Waals surface area contributed by atoms with Gasteiger partial charge in [0, 0.05) is 6.54 Å². The Morgan fingerprint density at radius 2 is 2.00 bits per heavy atom. The molecule has 1 saturated heterocycles. The van der Waals surface area contributed by atoms with Gasteiger partial charge in [-0.05, 0) is 61.4 Å². The van der Waals surface area contributed by atoms with Gasteiger partial charge in [0.25, 0.3) is 0 Å². The van der Waals surface area contributed by atoms with Crippen molar-refractivity contribution in [2.75, 3.05) is 18.8 Å². The van der Waals surface area contributed by atoms with Crippen molar-refractivity contribution < 1.29 is 0 Å². The summed E-state index contributed by atoms with van der Waals surface area (Å²) in [5.74, 6) is 0.836. The Hall–Kier alpha value is -0.730. The zero-order chi connectivity index (χ0) is 14.8. The fourth-order valence-electron chi connectivity index (χ4n) is 3.11. The van der Waals surface area contributed by atoms with E-state index in [1.807, 2.05) is 12.1 Å². The normalized spacial score (nSPS) is 21.7. The number of halogens is 1. The molecule has 2 N–H and O–H groups in total. The van der Waals surface area contributed by atoms with Crippen LogP contribution in [0.5, 0.6) is 0 Å². The average molecular weight is 295 g/mol. The standard InChI is InChI=1S/C17H27ClN2/c1-17(2,3)14-5-4-9-20(10-8-14)12-13-6-7-16(19)15(18)11-13/h6-7,11,14H,4-5,8-10,12,19H2,1-3H3. The van der Waals surface area contributed by atoms with E-state index < -0.39 is 0 Å². The minimum atomic E-state index is 0.431. The monoisotopic (exact) mass is 294 g/mol. The molecule has 1 unspecified atom stereocenters. The third kappa shape index (κ3) is 4.13. The lowest BCUT2D eigenvalue weighted by Crippen LogP contribution is -2.26. The largest absolute Gasteiger partial charge is 0.398 e. The molecule has 1 aromatic carbocycles. The van der Waals surface area contributed by atoms with E-state index in [4.69, 9.17) is 17.3 Å². The van der Waals surface area contributed by atoms with E-state index in [0.29, 0.717) is 16.1 Å². The Labute approximate surface area is 128 Å². The molecule has 1 aliphatic heterocycles. The van der Waals surface area contributed by atoms with Crippen LogP contribution >= 0.6 is 11.6 Å². The minimum Gasteiger partial charge on any atom is -0.398 e. The molecule has 2 rings (SSSR count). The molecule has 0 aromatic heterocycles. The number of benzene rings is 1. The molecular weight excluding hydrogens is 268 g/mol. The van der Waals surface area contributed by atoms with Crippen molar-refractivity contribution in [1.82, 2.24) is 4.90 Å². The van der Waals surface area contributed by atoms with Crippen LogP contribution in [0.15, 0.2) is 18.2 Å². The minimum absolute atomic E-state index is 0.431. The van der Waals surface area contributed by atoms with E-state index in [9.17, 15) is 0 Å². The van der Waals surface area contributed by atoms with Gasteiger partial charge < -0.3 is 5.73 Å². The fraction of sp³-hybridized carbons (Fsp3) is 0.647. The lowest BCUT2D eigenvalue weighted by Gasteiger charge is -2.29. The third-order valence-corrected chi connectivity index (χ3v) is 4.84. The number of hydrogen-bond acceptors (Lipinski definition) is 2. The molecule has 1 atom stereocenters. The first-order valence-electron chi connectivity index (χ1n) is 7.62. The quantitative estimate of drug-likeness (QED) is 0.810. The van der Waals surface area contributed by atoms with E-state index in [1.165, 1.54) is 37.9 Å². The van der Waals surface area contributed by atoms with Gasteiger partial charge in [0.1, 0.15) is 0 Å². The molecule has 1 aromatic rings. The highest BCUT2D eigenvalue weighted by atomic mass is 35.5. The number of anilines is 1. The van der Waals surface area contributed by atoms with Gasteiger partial charge in [0.2, 0.25) is 0 Å². The first-order chi connectivity index (χ1) is 9.36. The summed E-state index contributed by atoms with van der Waals surface area (Å²) in [6.07, 6.45) is 3.94. The molecule has 2 nitrogen and oxygen atoms in total. The molecule has 0 spiro atoms. The average Bonchev–Trinajstić information content (AvgIpc) is 2.59. The van der Waals surface area contributed by atoms with Crippen LogP contribution in [0.1, 0.15) is 45.6 Å². The number of nitrogens with zero attached hydrogens (tertiary/aromatic N) is 1. The molecule has 1 fully saturated rings. The van der Waals surface area contributed by atoms with Crippen molar-refractivity contribution in [3.63, 3.8) is 0 Å². The molecule has 0 bridgehead atoms. The van der Waals surface area contributed by atoms with Gasteiger partial charge in [-0.15, -0.1) is 0 Å². The maximum Gasteiger partial charge on any atom is 0.0638 e. The van der Waals surface area contributed by atoms with Crippen molar-refractivity contribution in [1.29, 1.82) is 0 Å². The molecule has 0 saturated carbocycles. The summed E-state index contributed by atoms with van der Waals surface area (Å²) in [5.41, 5.74) is 8.13. The van der Waals surface area contributed by atoms with Crippen molar-refractivity contribution in [2.45, 2.75) is 46.6 Å². The number of nitrogens with two attached hydrogens (primary N) is 1. The predicted molar refractivity (Wildman–Crippen MR) is 87.9 cm³/mol. The number of likely N-dealkylation sites (tertiary alicyclic amines) is 1. The van der Waals surface area contributed by atoms with E-state index in [-0.39, 0.29) is 0 Å². The lowest BCUT2D eigenvalue weighted by molar-refractivity contribution is 0.206. The summed E-state index contributed by atoms with van der Waals surface area (Å²) < 4.78 is 0. The van der Waals surface area contributed by atoms with Crippen molar-refractivity contribution in [3.8, 4) is 0 Å². The second-order valence-corrected chi connectivity index (χ2v) is 7.53. The van der Waals surface area contributed by atoms with Crippen LogP contribution in [0.2, 0.25) is 5.02 Å². The highest BCUT2D eigenvalue weighted by Crippen LogP contribution is 2.34. The topological polar surface area (TPSA) is 29.3 Å². The summed E-state index contributed by atoms with van der Waals surface area (Å²) in [6, 6.07) is 6.00. The van der Waals surface area contributed by atoms with Gasteiger partial charge in [0.15, 0.2) is 0 Å². The van der Waals surface area contributed by atoms with Crippen molar-refractivity contribution in [3.05, 3.63) is 28.8 Å². The van der Waals surface area contributed by atoms with E-state index in [0.717, 1.165) is 12.5 Å². The molecule has 3 heteroatoms. The smallest absolute Gasteiger partial charge is 0.0638 e. The summed E-state index contributed by atoms with van der Waals surface area (Å²) in [5, 5.41) is 0.671. The predicted octanol–water partition coefficient (Wildman–Crippen LogP) is 4.57. The van der Waals surface area contributed by atoms with Crippen LogP contribution in [-0.2, 0) is 6.54 Å². The van der Waals surface area contributed by atoms with Crippen LogP contribution in [0.25, 0.3) is 0 Å². The highest BCUT2D eigenvalue weighted by Gasteiger charge is 2.26. The van der Waals surface area contributed by atoms with Gasteiger partial charge in [-0.3, -0.25) is 4.90 Å². The van der Waals surface area contributed by atoms with E-state index in [1.54, 1.807) is 0 Å². The van der Waals surface area contributed by atoms with E-state index >= 15 is 0 Å². The SMILES string of the molecule is CC(C)(C)C1CCCN(Cc2ccc(N)c(Cl)c2)CC1. The molecule has 20 heavy (non-hydrogen) atoms. The second kappa shape index (κ2) is 6.36. The van der Waals surface area contributed by atoms with Crippen LogP contribution < -0.4 is 5.73 Å². The molecular formula is C17H27ClN2. The Bertz CT molecular complexity index is 451. The van der Waals surface area contributed by atoms with Gasteiger partial charge in [-0.1, -0.05) is 38.4 Å². The first kappa shape index (κ1) is 15.7. The number of hydrogen-bond donors (Lipinski definition) is 1. The highest BCUT2D eigenvalue weighted by molar-refractivity contribution is 6.33. The number of rotatable bonds is 2. The lowest BCUT2D eigenvalue weighted by atomic mass is 9.77. The van der Waals surface area contributed by atoms with Gasteiger partial charge in [0.05, 0.1) is 10.7 Å². The van der Waals surface area contributed by atoms with Crippen LogP contribution in [0.3, 0.4) is 0 Å². The molecule has 1 heterocycles. The summed E-state index contributed by atoms with van der Waals surface area (Å²) in [6.45, 7) is 10.5. The zero-order valence-corrected chi connectivity index (χ0v) is 13.7. The molecule has 0 radical (unpaired) electrons. The van der Waals surface area contributed by atoms with Gasteiger partial charge in [-0.25, -0.2) is 0 Å². The van der Waals surface area contributed by atoms with Crippen molar-refractivity contribution >= 4 is 17.3 Å². The van der Waals surface area contributed by atoms with Gasteiger partial charge >= 0.3 is 0 Å². The fourth-order valence-corrected chi connectivity index (χ4v) is 3.31. The Morgan fingerprint density at radius 3 is 2.65 bits per heavy atom. The third-order valence-electron chi connectivity index (χ3n) is 4.52. The summed E-state index contributed by atoms with van der Waals surface area (Å²) in [7, 11) is 0. The Balaban J connectivity index is 1.95. The summed E-state index contributed by atoms with van der Waals surface area (Å²) in [4.78, 5) is 2.55. The maximum atomic E-state index is 6.10. The Kier molecular flexibility index (Phi) is 4.98. The molecule has 0 aliphatic carbocycles. The first-order valence-corrected chi connectivity index (χ1v) is 8.00. The zero-order valence-electron chi connectivity index (χ0n) is 13.0. The second-order valence-electron chi connectivity index (χ2n) is 7.13. The van der Waals surface area contributed by atoms with E-state index in [2.05, 4.69) is 31.7 Å². The van der Waals surface area contributed by atoms with Crippen LogP contribution in [0.4, 0.5) is 5.69 Å².